The number of rotatable bonds is 4. The zero-order valence-electron chi connectivity index (χ0n) is 12.8. The molecule has 3 nitrogen and oxygen atoms in total. The highest BCUT2D eigenvalue weighted by Crippen LogP contribution is 2.34. The molecule has 0 fully saturated rings. The Kier molecular flexibility index (Phi) is 5.79. The maximum absolute atomic E-state index is 12.2. The number of esters is 1. The van der Waals surface area contributed by atoms with Crippen molar-refractivity contribution in [2.24, 2.45) is 0 Å². The highest BCUT2D eigenvalue weighted by atomic mass is 35.5. The van der Waals surface area contributed by atoms with Crippen LogP contribution in [-0.4, -0.2) is 12.1 Å². The summed E-state index contributed by atoms with van der Waals surface area (Å²) in [5, 5.41) is 0.876. The number of carbonyl (C=O) groups is 1. The minimum atomic E-state index is -0.856. The first-order valence-corrected chi connectivity index (χ1v) is 8.01. The summed E-state index contributed by atoms with van der Waals surface area (Å²) in [7, 11) is 0. The molecule has 0 aliphatic heterocycles. The van der Waals surface area contributed by atoms with Gasteiger partial charge in [-0.3, -0.25) is 0 Å². The lowest BCUT2D eigenvalue weighted by atomic mass is 10.1. The highest BCUT2D eigenvalue weighted by molar-refractivity contribution is 6.43. The van der Waals surface area contributed by atoms with Gasteiger partial charge in [-0.2, -0.15) is 0 Å². The molecule has 0 spiro atoms. The standard InChI is InChI=1S/C17H15Cl3O3/c1-9-4-5-15(10(2)6-9)23-17(21)11(3)22-16-8-13(19)12(18)7-14(16)20/h4-8,11H,1-3H3/t11-/m0/s1. The lowest BCUT2D eigenvalue weighted by Gasteiger charge is -2.16. The molecule has 122 valence electrons. The molecule has 0 amide bonds. The summed E-state index contributed by atoms with van der Waals surface area (Å²) in [5.74, 6) is 0.238. The smallest absolute Gasteiger partial charge is 0.352 e. The van der Waals surface area contributed by atoms with Crippen molar-refractivity contribution in [3.8, 4) is 11.5 Å². The molecule has 2 aromatic rings. The van der Waals surface area contributed by atoms with Crippen LogP contribution in [0.25, 0.3) is 0 Å². The number of aryl methyl sites for hydroxylation is 2. The fraction of sp³-hybridized carbons (Fsp3) is 0.235. The minimum Gasteiger partial charge on any atom is -0.477 e. The summed E-state index contributed by atoms with van der Waals surface area (Å²) in [5.41, 5.74) is 1.97. The molecule has 0 unspecified atom stereocenters. The van der Waals surface area contributed by atoms with Gasteiger partial charge in [-0.15, -0.1) is 0 Å². The Morgan fingerprint density at radius 1 is 0.957 bits per heavy atom. The van der Waals surface area contributed by atoms with Crippen molar-refractivity contribution >= 4 is 40.8 Å². The average Bonchev–Trinajstić information content (AvgIpc) is 2.47. The number of benzene rings is 2. The van der Waals surface area contributed by atoms with E-state index in [9.17, 15) is 4.79 Å². The molecule has 2 rings (SSSR count). The predicted molar refractivity (Wildman–Crippen MR) is 93.1 cm³/mol. The Balaban J connectivity index is 2.10. The van der Waals surface area contributed by atoms with Crippen LogP contribution in [0.2, 0.25) is 15.1 Å². The van der Waals surface area contributed by atoms with Gasteiger partial charge >= 0.3 is 5.97 Å². The third kappa shape index (κ3) is 4.54. The molecule has 23 heavy (non-hydrogen) atoms. The van der Waals surface area contributed by atoms with Gasteiger partial charge in [-0.05, 0) is 38.5 Å². The predicted octanol–water partition coefficient (Wildman–Crippen LogP) is 5.64. The second-order valence-electron chi connectivity index (χ2n) is 5.15. The van der Waals surface area contributed by atoms with E-state index >= 15 is 0 Å². The van der Waals surface area contributed by atoms with Gasteiger partial charge in [0.2, 0.25) is 0 Å². The molecule has 0 aliphatic rings. The number of hydrogen-bond donors (Lipinski definition) is 0. The van der Waals surface area contributed by atoms with E-state index in [2.05, 4.69) is 0 Å². The van der Waals surface area contributed by atoms with Crippen molar-refractivity contribution in [3.63, 3.8) is 0 Å². The SMILES string of the molecule is Cc1ccc(OC(=O)[C@H](C)Oc2cc(Cl)c(Cl)cc2Cl)c(C)c1. The van der Waals surface area contributed by atoms with Crippen LogP contribution < -0.4 is 9.47 Å². The number of ether oxygens (including phenoxy) is 2. The lowest BCUT2D eigenvalue weighted by Crippen LogP contribution is -2.28. The molecule has 0 radical (unpaired) electrons. The summed E-state index contributed by atoms with van der Waals surface area (Å²) < 4.78 is 10.9. The minimum absolute atomic E-state index is 0.269. The Morgan fingerprint density at radius 2 is 1.61 bits per heavy atom. The van der Waals surface area contributed by atoms with E-state index in [-0.39, 0.29) is 10.8 Å². The largest absolute Gasteiger partial charge is 0.477 e. The van der Waals surface area contributed by atoms with Crippen LogP contribution in [-0.2, 0) is 4.79 Å². The van der Waals surface area contributed by atoms with Crippen LogP contribution in [0.3, 0.4) is 0 Å². The van der Waals surface area contributed by atoms with Gasteiger partial charge in [0.25, 0.3) is 0 Å². The van der Waals surface area contributed by atoms with Crippen molar-refractivity contribution in [1.82, 2.24) is 0 Å². The van der Waals surface area contributed by atoms with E-state index in [0.717, 1.165) is 11.1 Å². The van der Waals surface area contributed by atoms with Crippen LogP contribution in [0, 0.1) is 13.8 Å². The summed E-state index contributed by atoms with van der Waals surface area (Å²) in [6, 6.07) is 8.48. The normalized spacial score (nSPS) is 11.9. The number of halogens is 3. The first-order chi connectivity index (χ1) is 10.8. The van der Waals surface area contributed by atoms with Crippen LogP contribution in [0.4, 0.5) is 0 Å². The molecule has 6 heteroatoms. The van der Waals surface area contributed by atoms with Gasteiger partial charge in [0.15, 0.2) is 6.10 Å². The van der Waals surface area contributed by atoms with Crippen LogP contribution in [0.1, 0.15) is 18.1 Å². The van der Waals surface area contributed by atoms with Gasteiger partial charge in [0.05, 0.1) is 15.1 Å². The lowest BCUT2D eigenvalue weighted by molar-refractivity contribution is -0.141. The van der Waals surface area contributed by atoms with Crippen LogP contribution in [0.5, 0.6) is 11.5 Å². The van der Waals surface area contributed by atoms with Gasteiger partial charge in [-0.1, -0.05) is 52.5 Å². The van der Waals surface area contributed by atoms with Crippen molar-refractivity contribution in [1.29, 1.82) is 0 Å². The summed E-state index contributed by atoms with van der Waals surface area (Å²) in [4.78, 5) is 12.2. The summed E-state index contributed by atoms with van der Waals surface area (Å²) >= 11 is 17.8. The third-order valence-electron chi connectivity index (χ3n) is 3.15. The summed E-state index contributed by atoms with van der Waals surface area (Å²) in [6.45, 7) is 5.41. The van der Waals surface area contributed by atoms with Gasteiger partial charge in [0.1, 0.15) is 11.5 Å². The number of hydrogen-bond acceptors (Lipinski definition) is 3. The Bertz CT molecular complexity index is 744. The molecular formula is C17H15Cl3O3. The van der Waals surface area contributed by atoms with E-state index in [1.165, 1.54) is 12.1 Å². The first kappa shape index (κ1) is 17.9. The van der Waals surface area contributed by atoms with E-state index < -0.39 is 12.1 Å². The molecule has 0 heterocycles. The topological polar surface area (TPSA) is 35.5 Å². The molecule has 0 saturated carbocycles. The van der Waals surface area contributed by atoms with Crippen molar-refractivity contribution in [2.75, 3.05) is 0 Å². The molecule has 0 N–H and O–H groups in total. The second kappa shape index (κ2) is 7.43. The van der Waals surface area contributed by atoms with Crippen LogP contribution in [0.15, 0.2) is 30.3 Å². The monoisotopic (exact) mass is 372 g/mol. The Morgan fingerprint density at radius 3 is 2.26 bits per heavy atom. The maximum Gasteiger partial charge on any atom is 0.352 e. The van der Waals surface area contributed by atoms with Crippen molar-refractivity contribution in [3.05, 3.63) is 56.5 Å². The molecule has 2 aromatic carbocycles. The van der Waals surface area contributed by atoms with E-state index in [1.54, 1.807) is 13.0 Å². The zero-order valence-corrected chi connectivity index (χ0v) is 15.1. The zero-order chi connectivity index (χ0) is 17.1. The molecule has 0 aliphatic carbocycles. The molecule has 0 aromatic heterocycles. The van der Waals surface area contributed by atoms with Crippen molar-refractivity contribution < 1.29 is 14.3 Å². The van der Waals surface area contributed by atoms with Crippen LogP contribution >= 0.6 is 34.8 Å². The molecule has 0 saturated heterocycles. The average molecular weight is 374 g/mol. The number of carbonyl (C=O) groups excluding carboxylic acids is 1. The molecule has 1 atom stereocenters. The third-order valence-corrected chi connectivity index (χ3v) is 4.17. The van der Waals surface area contributed by atoms with Gasteiger partial charge in [0, 0.05) is 6.07 Å². The first-order valence-electron chi connectivity index (χ1n) is 6.88. The fourth-order valence-corrected chi connectivity index (χ4v) is 2.52. The van der Waals surface area contributed by atoms with E-state index in [1.807, 2.05) is 26.0 Å². The second-order valence-corrected chi connectivity index (χ2v) is 6.37. The maximum atomic E-state index is 12.2. The summed E-state index contributed by atoms with van der Waals surface area (Å²) in [6.07, 6.45) is -0.856. The van der Waals surface area contributed by atoms with Gasteiger partial charge < -0.3 is 9.47 Å². The molecular weight excluding hydrogens is 359 g/mol. The quantitative estimate of drug-likeness (QED) is 0.395. The highest BCUT2D eigenvalue weighted by Gasteiger charge is 2.20. The fourth-order valence-electron chi connectivity index (χ4n) is 1.94. The Labute approximate surface area is 150 Å². The van der Waals surface area contributed by atoms with E-state index in [4.69, 9.17) is 44.3 Å². The van der Waals surface area contributed by atoms with Gasteiger partial charge in [-0.25, -0.2) is 4.79 Å². The molecule has 0 bridgehead atoms. The van der Waals surface area contributed by atoms with Crippen molar-refractivity contribution in [2.45, 2.75) is 26.9 Å². The van der Waals surface area contributed by atoms with E-state index in [0.29, 0.717) is 15.8 Å². The Hall–Kier alpha value is -1.42.